The lowest BCUT2D eigenvalue weighted by molar-refractivity contribution is -0.141. The van der Waals surface area contributed by atoms with E-state index >= 15 is 0 Å². The van der Waals surface area contributed by atoms with Gasteiger partial charge in [0.1, 0.15) is 6.04 Å². The highest BCUT2D eigenvalue weighted by atomic mass is 16.2. The number of benzene rings is 1. The molecule has 0 bridgehead atoms. The molecule has 0 saturated carbocycles. The molecule has 160 valence electrons. The third-order valence-corrected chi connectivity index (χ3v) is 6.58. The molecule has 0 aliphatic carbocycles. The standard InChI is InChI=1S/C22H28N4O4/c1-23-11-14-7-9-25(10-8-14)16-4-2-3-15-12-26(21(20(15)16)18(28)13-27)17-5-6-19(29)24-22(17)30/h2-4,13-14,17,21,23H,5-12H2,1H3,(H,24,29,30). The zero-order chi connectivity index (χ0) is 21.3. The summed E-state index contributed by atoms with van der Waals surface area (Å²) in [5, 5.41) is 5.61. The van der Waals surface area contributed by atoms with Gasteiger partial charge >= 0.3 is 0 Å². The number of anilines is 1. The number of hydrogen-bond donors (Lipinski definition) is 2. The molecular formula is C22H28N4O4. The zero-order valence-electron chi connectivity index (χ0n) is 17.2. The van der Waals surface area contributed by atoms with E-state index in [-0.39, 0.29) is 12.3 Å². The molecule has 8 nitrogen and oxygen atoms in total. The quantitative estimate of drug-likeness (QED) is 0.400. The third-order valence-electron chi connectivity index (χ3n) is 6.58. The Morgan fingerprint density at radius 3 is 2.67 bits per heavy atom. The molecule has 2 atom stereocenters. The molecule has 3 aliphatic heterocycles. The number of rotatable bonds is 6. The van der Waals surface area contributed by atoms with Crippen LogP contribution in [0.25, 0.3) is 0 Å². The number of aldehydes is 1. The van der Waals surface area contributed by atoms with Gasteiger partial charge in [0.15, 0.2) is 6.29 Å². The predicted octanol–water partition coefficient (Wildman–Crippen LogP) is 0.552. The maximum atomic E-state index is 12.7. The lowest BCUT2D eigenvalue weighted by Crippen LogP contribution is -2.52. The Bertz CT molecular complexity index is 863. The van der Waals surface area contributed by atoms with Gasteiger partial charge in [-0.05, 0) is 50.4 Å². The van der Waals surface area contributed by atoms with Crippen LogP contribution in [-0.2, 0) is 25.7 Å². The van der Waals surface area contributed by atoms with Gasteiger partial charge in [-0.3, -0.25) is 29.4 Å². The van der Waals surface area contributed by atoms with Crippen LogP contribution in [0.4, 0.5) is 5.69 Å². The van der Waals surface area contributed by atoms with Crippen molar-refractivity contribution >= 4 is 29.6 Å². The molecule has 8 heteroatoms. The van der Waals surface area contributed by atoms with E-state index in [0.717, 1.165) is 49.3 Å². The average Bonchev–Trinajstić information content (AvgIpc) is 3.13. The summed E-state index contributed by atoms with van der Waals surface area (Å²) in [5.41, 5.74) is 2.78. The molecule has 2 saturated heterocycles. The minimum absolute atomic E-state index is 0.233. The Labute approximate surface area is 176 Å². The van der Waals surface area contributed by atoms with Gasteiger partial charge in [0.05, 0.1) is 6.04 Å². The molecule has 2 N–H and O–H groups in total. The molecule has 3 heterocycles. The van der Waals surface area contributed by atoms with Gasteiger partial charge in [0.25, 0.3) is 0 Å². The van der Waals surface area contributed by atoms with E-state index in [2.05, 4.69) is 15.5 Å². The number of amides is 2. The largest absolute Gasteiger partial charge is 0.371 e. The highest BCUT2D eigenvalue weighted by molar-refractivity contribution is 6.28. The van der Waals surface area contributed by atoms with Crippen molar-refractivity contribution in [1.82, 2.24) is 15.5 Å². The smallest absolute Gasteiger partial charge is 0.243 e. The van der Waals surface area contributed by atoms with Gasteiger partial charge < -0.3 is 10.2 Å². The van der Waals surface area contributed by atoms with Gasteiger partial charge in [-0.15, -0.1) is 0 Å². The Kier molecular flexibility index (Phi) is 5.97. The van der Waals surface area contributed by atoms with Gasteiger partial charge in [-0.25, -0.2) is 0 Å². The summed E-state index contributed by atoms with van der Waals surface area (Å²) in [4.78, 5) is 52.4. The summed E-state index contributed by atoms with van der Waals surface area (Å²) >= 11 is 0. The van der Waals surface area contributed by atoms with Crippen LogP contribution in [0.1, 0.15) is 42.9 Å². The molecule has 4 rings (SSSR count). The molecular weight excluding hydrogens is 384 g/mol. The van der Waals surface area contributed by atoms with Crippen LogP contribution in [0.5, 0.6) is 0 Å². The van der Waals surface area contributed by atoms with Crippen molar-refractivity contribution in [2.45, 2.75) is 44.3 Å². The summed E-state index contributed by atoms with van der Waals surface area (Å²) in [5.74, 6) is -0.597. The second-order valence-corrected chi connectivity index (χ2v) is 8.40. The molecule has 30 heavy (non-hydrogen) atoms. The first kappa shape index (κ1) is 20.7. The van der Waals surface area contributed by atoms with Crippen molar-refractivity contribution in [3.63, 3.8) is 0 Å². The maximum absolute atomic E-state index is 12.7. The minimum atomic E-state index is -0.785. The lowest BCUT2D eigenvalue weighted by Gasteiger charge is -2.36. The molecule has 0 radical (unpaired) electrons. The fraction of sp³-hybridized carbons (Fsp3) is 0.545. The second kappa shape index (κ2) is 8.65. The molecule has 3 aliphatic rings. The van der Waals surface area contributed by atoms with E-state index in [1.165, 1.54) is 0 Å². The number of nitrogens with zero attached hydrogens (tertiary/aromatic N) is 2. The number of imide groups is 1. The highest BCUT2D eigenvalue weighted by Crippen LogP contribution is 2.43. The van der Waals surface area contributed by atoms with Crippen LogP contribution >= 0.6 is 0 Å². The van der Waals surface area contributed by atoms with Crippen LogP contribution in [-0.4, -0.2) is 61.5 Å². The lowest BCUT2D eigenvalue weighted by atomic mass is 9.93. The average molecular weight is 412 g/mol. The highest BCUT2D eigenvalue weighted by Gasteiger charge is 2.45. The van der Waals surface area contributed by atoms with Crippen LogP contribution in [0.2, 0.25) is 0 Å². The Morgan fingerprint density at radius 2 is 2.00 bits per heavy atom. The van der Waals surface area contributed by atoms with Gasteiger partial charge in [0.2, 0.25) is 17.6 Å². The molecule has 1 aromatic rings. The SMILES string of the molecule is CNCC1CCN(c2cccc3c2C(C(=O)C=O)N(C2CCC(=O)NC2=O)C3)CC1. The monoisotopic (exact) mass is 412 g/mol. The van der Waals surface area contributed by atoms with E-state index in [4.69, 9.17) is 0 Å². The van der Waals surface area contributed by atoms with Crippen molar-refractivity contribution in [3.8, 4) is 0 Å². The fourth-order valence-electron chi connectivity index (χ4n) is 5.11. The Balaban J connectivity index is 1.64. The number of carbonyl (C=O) groups excluding carboxylic acids is 4. The normalized spacial score (nSPS) is 25.2. The van der Waals surface area contributed by atoms with Crippen LogP contribution in [0.3, 0.4) is 0 Å². The maximum Gasteiger partial charge on any atom is 0.243 e. The third kappa shape index (κ3) is 3.77. The van der Waals surface area contributed by atoms with Crippen LogP contribution in [0.15, 0.2) is 18.2 Å². The first-order valence-corrected chi connectivity index (χ1v) is 10.6. The van der Waals surface area contributed by atoms with E-state index in [1.807, 2.05) is 25.2 Å². The first-order valence-electron chi connectivity index (χ1n) is 10.6. The number of fused-ring (bicyclic) bond motifs is 1. The zero-order valence-corrected chi connectivity index (χ0v) is 17.2. The van der Waals surface area contributed by atoms with Crippen molar-refractivity contribution in [3.05, 3.63) is 29.3 Å². The molecule has 0 aromatic heterocycles. The number of carbonyl (C=O) groups is 4. The van der Waals surface area contributed by atoms with E-state index in [0.29, 0.717) is 25.2 Å². The molecule has 2 unspecified atom stereocenters. The Morgan fingerprint density at radius 1 is 1.23 bits per heavy atom. The van der Waals surface area contributed by atoms with Crippen molar-refractivity contribution in [2.75, 3.05) is 31.6 Å². The fourth-order valence-corrected chi connectivity index (χ4v) is 5.11. The van der Waals surface area contributed by atoms with Gasteiger partial charge in [-0.2, -0.15) is 0 Å². The van der Waals surface area contributed by atoms with Crippen LogP contribution in [0, 0.1) is 5.92 Å². The number of nitrogens with one attached hydrogen (secondary N) is 2. The summed E-state index contributed by atoms with van der Waals surface area (Å²) < 4.78 is 0. The van der Waals surface area contributed by atoms with Crippen LogP contribution < -0.4 is 15.5 Å². The molecule has 0 spiro atoms. The molecule has 2 amide bonds. The molecule has 2 fully saturated rings. The number of hydrogen-bond acceptors (Lipinski definition) is 7. The first-order chi connectivity index (χ1) is 14.5. The van der Waals surface area contributed by atoms with E-state index in [9.17, 15) is 19.2 Å². The summed E-state index contributed by atoms with van der Waals surface area (Å²) in [6.07, 6.45) is 3.07. The van der Waals surface area contributed by atoms with E-state index in [1.54, 1.807) is 4.90 Å². The Hall–Kier alpha value is -2.58. The van der Waals surface area contributed by atoms with Gasteiger partial charge in [-0.1, -0.05) is 12.1 Å². The van der Waals surface area contributed by atoms with Crippen molar-refractivity contribution < 1.29 is 19.2 Å². The van der Waals surface area contributed by atoms with Crippen molar-refractivity contribution in [2.24, 2.45) is 5.92 Å². The van der Waals surface area contributed by atoms with Crippen molar-refractivity contribution in [1.29, 1.82) is 0 Å². The number of ketones is 1. The summed E-state index contributed by atoms with van der Waals surface area (Å²) in [6.45, 7) is 3.19. The number of Topliss-reactive ketones (excluding diaryl/α,β-unsaturated/α-hetero) is 1. The second-order valence-electron chi connectivity index (χ2n) is 8.40. The predicted molar refractivity (Wildman–Crippen MR) is 111 cm³/mol. The topological polar surface area (TPSA) is 98.8 Å². The van der Waals surface area contributed by atoms with Gasteiger partial charge in [0, 0.05) is 37.3 Å². The number of piperidine rings is 2. The van der Waals surface area contributed by atoms with E-state index < -0.39 is 23.8 Å². The molecule has 1 aromatic carbocycles. The minimum Gasteiger partial charge on any atom is -0.371 e. The summed E-state index contributed by atoms with van der Waals surface area (Å²) in [7, 11) is 1.97. The summed E-state index contributed by atoms with van der Waals surface area (Å²) in [6, 6.07) is 4.57.